The number of carbonyl (C=O) groups is 1. The summed E-state index contributed by atoms with van der Waals surface area (Å²) < 4.78 is 41.4. The van der Waals surface area contributed by atoms with Gasteiger partial charge in [-0.2, -0.15) is 13.2 Å². The maximum Gasteiger partial charge on any atom is 0.412 e. The van der Waals surface area contributed by atoms with Gasteiger partial charge in [0.15, 0.2) is 11.7 Å². The molecular weight excluding hydrogens is 307 g/mol. The first-order valence-electron chi connectivity index (χ1n) is 6.81. The molecule has 1 atom stereocenters. The van der Waals surface area contributed by atoms with Gasteiger partial charge in [-0.3, -0.25) is 4.79 Å². The minimum absolute atomic E-state index is 0.0307. The molecule has 0 saturated heterocycles. The van der Waals surface area contributed by atoms with Crippen LogP contribution < -0.4 is 5.32 Å². The Morgan fingerprint density at radius 1 is 1.09 bits per heavy atom. The lowest BCUT2D eigenvalue weighted by Crippen LogP contribution is -2.38. The highest BCUT2D eigenvalue weighted by atomic mass is 19.4. The average molecular weight is 319 g/mol. The Balaban J connectivity index is 1.93. The second-order valence-corrected chi connectivity index (χ2v) is 4.95. The number of nitrogens with one attached hydrogen (secondary N) is 1. The molecule has 1 unspecified atom stereocenters. The summed E-state index contributed by atoms with van der Waals surface area (Å²) in [4.78, 5) is 16.2. The molecule has 3 aromatic rings. The highest BCUT2D eigenvalue weighted by Gasteiger charge is 2.42. The van der Waals surface area contributed by atoms with E-state index in [1.165, 1.54) is 30.6 Å². The lowest BCUT2D eigenvalue weighted by molar-refractivity contribution is -0.155. The first-order chi connectivity index (χ1) is 11.0. The average Bonchev–Trinajstić information content (AvgIpc) is 2.96. The number of amides is 1. The number of carbonyl (C=O) groups excluding carboxylic acids is 1. The van der Waals surface area contributed by atoms with Gasteiger partial charge in [0.05, 0.1) is 5.52 Å². The number of nitrogens with zero attached hydrogens (tertiary/aromatic N) is 2. The first kappa shape index (κ1) is 15.1. The molecule has 2 heterocycles. The van der Waals surface area contributed by atoms with Crippen LogP contribution in [-0.4, -0.2) is 21.5 Å². The molecule has 0 fully saturated rings. The fourth-order valence-electron chi connectivity index (χ4n) is 2.32. The van der Waals surface area contributed by atoms with Crippen molar-refractivity contribution in [1.29, 1.82) is 0 Å². The normalized spacial score (nSPS) is 13.0. The number of fused-ring (bicyclic) bond motifs is 1. The molecule has 1 aromatic carbocycles. The van der Waals surface area contributed by atoms with Gasteiger partial charge in [-0.15, -0.1) is 0 Å². The van der Waals surface area contributed by atoms with Gasteiger partial charge >= 0.3 is 6.18 Å². The molecule has 0 aliphatic carbocycles. The van der Waals surface area contributed by atoms with Crippen LogP contribution in [0.1, 0.15) is 22.1 Å². The third kappa shape index (κ3) is 3.03. The number of hydrogen-bond acceptors (Lipinski definition) is 2. The molecule has 0 aliphatic rings. The van der Waals surface area contributed by atoms with Crippen molar-refractivity contribution in [2.45, 2.75) is 12.2 Å². The molecule has 0 spiro atoms. The van der Waals surface area contributed by atoms with E-state index in [4.69, 9.17) is 0 Å². The van der Waals surface area contributed by atoms with Crippen LogP contribution >= 0.6 is 0 Å². The predicted octanol–water partition coefficient (Wildman–Crippen LogP) is 3.37. The van der Waals surface area contributed by atoms with Crippen LogP contribution in [0, 0.1) is 0 Å². The number of aromatic nitrogens is 2. The fraction of sp³-hybridized carbons (Fsp3) is 0.125. The zero-order valence-corrected chi connectivity index (χ0v) is 11.8. The summed E-state index contributed by atoms with van der Waals surface area (Å²) in [5, 5.41) is 2.03. The molecule has 1 N–H and O–H groups in total. The van der Waals surface area contributed by atoms with E-state index in [0.29, 0.717) is 5.52 Å². The van der Waals surface area contributed by atoms with Gasteiger partial charge in [0.1, 0.15) is 6.33 Å². The smallest absolute Gasteiger partial charge is 0.335 e. The van der Waals surface area contributed by atoms with Gasteiger partial charge in [0, 0.05) is 6.20 Å². The third-order valence-corrected chi connectivity index (χ3v) is 3.39. The molecule has 0 saturated carbocycles. The van der Waals surface area contributed by atoms with Gasteiger partial charge in [-0.25, -0.2) is 4.98 Å². The molecule has 1 amide bonds. The number of halogens is 3. The summed E-state index contributed by atoms with van der Waals surface area (Å²) in [7, 11) is 0. The zero-order valence-electron chi connectivity index (χ0n) is 11.8. The summed E-state index contributed by atoms with van der Waals surface area (Å²) in [5.41, 5.74) is 0.367. The summed E-state index contributed by atoms with van der Waals surface area (Å²) in [6.07, 6.45) is -1.56. The van der Waals surface area contributed by atoms with Crippen molar-refractivity contribution in [3.05, 3.63) is 72.3 Å². The molecule has 23 heavy (non-hydrogen) atoms. The van der Waals surface area contributed by atoms with Crippen LogP contribution in [0.3, 0.4) is 0 Å². The number of imidazole rings is 1. The molecule has 0 bridgehead atoms. The largest absolute Gasteiger partial charge is 0.412 e. The minimum atomic E-state index is -4.60. The molecule has 3 rings (SSSR count). The maximum atomic E-state index is 13.3. The van der Waals surface area contributed by atoms with Crippen molar-refractivity contribution in [3.63, 3.8) is 0 Å². The number of alkyl halides is 3. The Morgan fingerprint density at radius 2 is 1.78 bits per heavy atom. The van der Waals surface area contributed by atoms with Gasteiger partial charge in [-0.1, -0.05) is 36.4 Å². The molecule has 0 aliphatic heterocycles. The maximum absolute atomic E-state index is 13.3. The highest BCUT2D eigenvalue weighted by Crippen LogP contribution is 2.32. The standard InChI is InChI=1S/C16H12F3N3O/c17-16(18,19)14(11-6-2-1-3-7-11)21-15(23)13-12-8-4-5-9-22(12)10-20-13/h1-10,14H,(H,21,23). The number of pyridine rings is 1. The Hall–Kier alpha value is -2.83. The van der Waals surface area contributed by atoms with E-state index in [1.807, 2.05) is 5.32 Å². The molecular formula is C16H12F3N3O. The Labute approximate surface area is 129 Å². The monoisotopic (exact) mass is 319 g/mol. The second-order valence-electron chi connectivity index (χ2n) is 4.95. The van der Waals surface area contributed by atoms with E-state index in [9.17, 15) is 18.0 Å². The van der Waals surface area contributed by atoms with Crippen LogP contribution in [0.5, 0.6) is 0 Å². The van der Waals surface area contributed by atoms with Crippen molar-refractivity contribution < 1.29 is 18.0 Å². The van der Waals surface area contributed by atoms with Crippen LogP contribution in [0.2, 0.25) is 0 Å². The summed E-state index contributed by atoms with van der Waals surface area (Å²) in [6.45, 7) is 0. The van der Waals surface area contributed by atoms with Crippen LogP contribution in [0.25, 0.3) is 5.52 Å². The number of hydrogen-bond donors (Lipinski definition) is 1. The third-order valence-electron chi connectivity index (χ3n) is 3.39. The predicted molar refractivity (Wildman–Crippen MR) is 77.9 cm³/mol. The number of rotatable bonds is 3. The topological polar surface area (TPSA) is 46.4 Å². The fourth-order valence-corrected chi connectivity index (χ4v) is 2.32. The highest BCUT2D eigenvalue weighted by molar-refractivity contribution is 5.99. The quantitative estimate of drug-likeness (QED) is 0.804. The Bertz CT molecular complexity index is 827. The van der Waals surface area contributed by atoms with E-state index in [0.717, 1.165) is 0 Å². The number of benzene rings is 1. The molecule has 2 aromatic heterocycles. The van der Waals surface area contributed by atoms with E-state index < -0.39 is 18.1 Å². The summed E-state index contributed by atoms with van der Waals surface area (Å²) in [5.74, 6) is -0.870. The van der Waals surface area contributed by atoms with Crippen molar-refractivity contribution in [2.24, 2.45) is 0 Å². The molecule has 4 nitrogen and oxygen atoms in total. The van der Waals surface area contributed by atoms with Crippen LogP contribution in [0.4, 0.5) is 13.2 Å². The zero-order chi connectivity index (χ0) is 16.4. The molecule has 7 heteroatoms. The Morgan fingerprint density at radius 3 is 2.48 bits per heavy atom. The molecule has 118 valence electrons. The van der Waals surface area contributed by atoms with Crippen LogP contribution in [-0.2, 0) is 0 Å². The van der Waals surface area contributed by atoms with Crippen molar-refractivity contribution in [3.8, 4) is 0 Å². The molecule has 0 radical (unpaired) electrons. The van der Waals surface area contributed by atoms with E-state index in [-0.39, 0.29) is 11.3 Å². The first-order valence-corrected chi connectivity index (χ1v) is 6.81. The second kappa shape index (κ2) is 5.75. The Kier molecular flexibility index (Phi) is 3.77. The van der Waals surface area contributed by atoms with Gasteiger partial charge in [0.25, 0.3) is 5.91 Å². The van der Waals surface area contributed by atoms with Gasteiger partial charge < -0.3 is 9.72 Å². The lowest BCUT2D eigenvalue weighted by atomic mass is 10.1. The SMILES string of the molecule is O=C(NC(c1ccccc1)C(F)(F)F)c1ncn2ccccc12. The van der Waals surface area contributed by atoms with Crippen molar-refractivity contribution in [2.75, 3.05) is 0 Å². The van der Waals surface area contributed by atoms with Gasteiger partial charge in [-0.05, 0) is 17.7 Å². The minimum Gasteiger partial charge on any atom is -0.335 e. The van der Waals surface area contributed by atoms with E-state index in [2.05, 4.69) is 4.98 Å². The van der Waals surface area contributed by atoms with Crippen LogP contribution in [0.15, 0.2) is 61.1 Å². The lowest BCUT2D eigenvalue weighted by Gasteiger charge is -2.21. The van der Waals surface area contributed by atoms with E-state index >= 15 is 0 Å². The van der Waals surface area contributed by atoms with Gasteiger partial charge in [0.2, 0.25) is 0 Å². The summed E-state index contributed by atoms with van der Waals surface area (Å²) in [6, 6.07) is 10.2. The van der Waals surface area contributed by atoms with E-state index in [1.54, 1.807) is 34.9 Å². The summed E-state index contributed by atoms with van der Waals surface area (Å²) >= 11 is 0. The van der Waals surface area contributed by atoms with Crippen molar-refractivity contribution >= 4 is 11.4 Å². The van der Waals surface area contributed by atoms with Crippen molar-refractivity contribution in [1.82, 2.24) is 14.7 Å².